The minimum atomic E-state index is -0.840. The van der Waals surface area contributed by atoms with Gasteiger partial charge in [0.05, 0.1) is 5.69 Å². The number of carbonyl (C=O) groups excluding carboxylic acids is 3. The molecule has 140 valence electrons. The normalized spacial score (nSPS) is 15.4. The van der Waals surface area contributed by atoms with Crippen LogP contribution >= 0.6 is 27.5 Å². The minimum Gasteiger partial charge on any atom is -0.480 e. The molecule has 0 bridgehead atoms. The predicted molar refractivity (Wildman–Crippen MR) is 109 cm³/mol. The SMILES string of the molecule is C#CCOc1ccc(Br)cc1/C=C1\C(=O)NC(=O)N(c2ccc(Cl)cc2)C1=O. The molecule has 0 saturated carbocycles. The topological polar surface area (TPSA) is 75.7 Å². The summed E-state index contributed by atoms with van der Waals surface area (Å²) in [6, 6.07) is 10.3. The number of barbiturate groups is 1. The standard InChI is InChI=1S/C20H12BrClN2O4/c1-2-9-28-17-8-3-13(21)10-12(17)11-16-18(25)23-20(27)24(19(16)26)15-6-4-14(22)5-7-15/h1,3-8,10-11H,9H2,(H,23,25,27)/b16-11+. The van der Waals surface area contributed by atoms with E-state index in [4.69, 9.17) is 22.8 Å². The number of hydrogen-bond acceptors (Lipinski definition) is 4. The maximum absolute atomic E-state index is 12.9. The Labute approximate surface area is 174 Å². The number of carbonyl (C=O) groups is 3. The third kappa shape index (κ3) is 4.09. The van der Waals surface area contributed by atoms with Gasteiger partial charge in [0.2, 0.25) is 0 Å². The lowest BCUT2D eigenvalue weighted by Gasteiger charge is -2.26. The summed E-state index contributed by atoms with van der Waals surface area (Å²) in [5.74, 6) is 1.18. The van der Waals surface area contributed by atoms with E-state index in [-0.39, 0.29) is 17.9 Å². The quantitative estimate of drug-likeness (QED) is 0.429. The van der Waals surface area contributed by atoms with E-state index in [9.17, 15) is 14.4 Å². The molecule has 28 heavy (non-hydrogen) atoms. The zero-order valence-corrected chi connectivity index (χ0v) is 16.6. The zero-order valence-electron chi connectivity index (χ0n) is 14.2. The molecule has 1 aliphatic rings. The average Bonchev–Trinajstić information content (AvgIpc) is 2.66. The Kier molecular flexibility index (Phi) is 5.83. The van der Waals surface area contributed by atoms with Gasteiger partial charge in [-0.3, -0.25) is 14.9 Å². The number of amides is 4. The highest BCUT2D eigenvalue weighted by molar-refractivity contribution is 9.10. The van der Waals surface area contributed by atoms with Gasteiger partial charge in [-0.2, -0.15) is 0 Å². The van der Waals surface area contributed by atoms with Gasteiger partial charge in [-0.05, 0) is 48.5 Å². The summed E-state index contributed by atoms with van der Waals surface area (Å²) in [5, 5.41) is 2.61. The second-order valence-electron chi connectivity index (χ2n) is 5.61. The van der Waals surface area contributed by atoms with Crippen LogP contribution in [0.4, 0.5) is 10.5 Å². The summed E-state index contributed by atoms with van der Waals surface area (Å²) in [4.78, 5) is 38.3. The lowest BCUT2D eigenvalue weighted by molar-refractivity contribution is -0.122. The van der Waals surface area contributed by atoms with Gasteiger partial charge in [-0.25, -0.2) is 9.69 Å². The molecule has 1 N–H and O–H groups in total. The van der Waals surface area contributed by atoms with Gasteiger partial charge >= 0.3 is 6.03 Å². The molecule has 4 amide bonds. The number of benzene rings is 2. The number of hydrogen-bond donors (Lipinski definition) is 1. The first-order valence-corrected chi connectivity index (χ1v) is 9.10. The lowest BCUT2D eigenvalue weighted by atomic mass is 10.1. The second-order valence-corrected chi connectivity index (χ2v) is 6.96. The molecular weight excluding hydrogens is 448 g/mol. The van der Waals surface area contributed by atoms with Crippen LogP contribution in [0.15, 0.2) is 52.5 Å². The van der Waals surface area contributed by atoms with Crippen molar-refractivity contribution in [2.75, 3.05) is 11.5 Å². The van der Waals surface area contributed by atoms with E-state index in [1.165, 1.54) is 30.3 Å². The van der Waals surface area contributed by atoms with Crippen molar-refractivity contribution in [3.8, 4) is 18.1 Å². The molecule has 0 radical (unpaired) electrons. The van der Waals surface area contributed by atoms with Crippen LogP contribution in [0.5, 0.6) is 5.75 Å². The molecule has 1 saturated heterocycles. The van der Waals surface area contributed by atoms with Crippen LogP contribution in [-0.4, -0.2) is 24.5 Å². The highest BCUT2D eigenvalue weighted by atomic mass is 79.9. The Hall–Kier alpha value is -3.08. The molecule has 1 fully saturated rings. The van der Waals surface area contributed by atoms with Crippen LogP contribution in [0.3, 0.4) is 0 Å². The van der Waals surface area contributed by atoms with E-state index in [0.717, 1.165) is 4.90 Å². The number of nitrogens with one attached hydrogen (secondary N) is 1. The number of halogens is 2. The summed E-state index contributed by atoms with van der Waals surface area (Å²) in [6.07, 6.45) is 6.57. The number of imide groups is 2. The third-order valence-electron chi connectivity index (χ3n) is 3.77. The van der Waals surface area contributed by atoms with E-state index in [2.05, 4.69) is 27.2 Å². The summed E-state index contributed by atoms with van der Waals surface area (Å²) >= 11 is 9.19. The van der Waals surface area contributed by atoms with Crippen LogP contribution in [0, 0.1) is 12.3 Å². The molecule has 0 atom stereocenters. The Balaban J connectivity index is 2.03. The number of urea groups is 1. The highest BCUT2D eigenvalue weighted by Crippen LogP contribution is 2.28. The molecule has 0 aliphatic carbocycles. The Morgan fingerprint density at radius 1 is 1.18 bits per heavy atom. The zero-order chi connectivity index (χ0) is 20.3. The van der Waals surface area contributed by atoms with Crippen LogP contribution < -0.4 is 15.0 Å². The molecule has 8 heteroatoms. The smallest absolute Gasteiger partial charge is 0.335 e. The maximum atomic E-state index is 12.9. The molecule has 1 aliphatic heterocycles. The third-order valence-corrected chi connectivity index (χ3v) is 4.51. The summed E-state index contributed by atoms with van der Waals surface area (Å²) < 4.78 is 6.17. The summed E-state index contributed by atoms with van der Waals surface area (Å²) in [6.45, 7) is 0.0212. The van der Waals surface area contributed by atoms with E-state index in [1.54, 1.807) is 18.2 Å². The molecular formula is C20H12BrClN2O4. The van der Waals surface area contributed by atoms with E-state index in [1.807, 2.05) is 0 Å². The fourth-order valence-corrected chi connectivity index (χ4v) is 3.03. The van der Waals surface area contributed by atoms with E-state index >= 15 is 0 Å². The second kappa shape index (κ2) is 8.30. The van der Waals surface area contributed by atoms with E-state index in [0.29, 0.717) is 20.8 Å². The van der Waals surface area contributed by atoms with Gasteiger partial charge in [-0.1, -0.05) is 33.5 Å². The van der Waals surface area contributed by atoms with Crippen molar-refractivity contribution in [2.24, 2.45) is 0 Å². The van der Waals surface area contributed by atoms with Crippen molar-refractivity contribution >= 4 is 57.1 Å². The monoisotopic (exact) mass is 458 g/mol. The average molecular weight is 460 g/mol. The Morgan fingerprint density at radius 2 is 1.89 bits per heavy atom. The molecule has 0 unspecified atom stereocenters. The molecule has 6 nitrogen and oxygen atoms in total. The van der Waals surface area contributed by atoms with Crippen molar-refractivity contribution < 1.29 is 19.1 Å². The van der Waals surface area contributed by atoms with Gasteiger partial charge in [0.25, 0.3) is 11.8 Å². The number of anilines is 1. The van der Waals surface area contributed by atoms with Crippen molar-refractivity contribution in [3.63, 3.8) is 0 Å². The first kappa shape index (κ1) is 19.7. The lowest BCUT2D eigenvalue weighted by Crippen LogP contribution is -2.54. The molecule has 0 aromatic heterocycles. The summed E-state index contributed by atoms with van der Waals surface area (Å²) in [5.41, 5.74) is 0.509. The van der Waals surface area contributed by atoms with Crippen LogP contribution in [0.2, 0.25) is 5.02 Å². The van der Waals surface area contributed by atoms with Crippen molar-refractivity contribution in [1.29, 1.82) is 0 Å². The number of ether oxygens (including phenoxy) is 1. The number of terminal acetylenes is 1. The molecule has 0 spiro atoms. The molecule has 2 aromatic rings. The van der Waals surface area contributed by atoms with Gasteiger partial charge < -0.3 is 4.74 Å². The molecule has 3 rings (SSSR count). The van der Waals surface area contributed by atoms with E-state index < -0.39 is 17.8 Å². The molecule has 2 aromatic carbocycles. The van der Waals surface area contributed by atoms with Crippen LogP contribution in [-0.2, 0) is 9.59 Å². The Morgan fingerprint density at radius 3 is 2.57 bits per heavy atom. The van der Waals surface area contributed by atoms with Crippen molar-refractivity contribution in [2.45, 2.75) is 0 Å². The first-order valence-electron chi connectivity index (χ1n) is 7.93. The number of nitrogens with zero attached hydrogens (tertiary/aromatic N) is 1. The first-order chi connectivity index (χ1) is 13.4. The summed E-state index contributed by atoms with van der Waals surface area (Å²) in [7, 11) is 0. The minimum absolute atomic E-state index is 0.0212. The van der Waals surface area contributed by atoms with Gasteiger partial charge in [0.15, 0.2) is 0 Å². The van der Waals surface area contributed by atoms with Crippen LogP contribution in [0.1, 0.15) is 5.56 Å². The van der Waals surface area contributed by atoms with Crippen LogP contribution in [0.25, 0.3) is 6.08 Å². The van der Waals surface area contributed by atoms with Gasteiger partial charge in [0.1, 0.15) is 17.9 Å². The Bertz CT molecular complexity index is 1040. The fourth-order valence-electron chi connectivity index (χ4n) is 2.52. The molecule has 1 heterocycles. The van der Waals surface area contributed by atoms with Gasteiger partial charge in [-0.15, -0.1) is 6.42 Å². The van der Waals surface area contributed by atoms with Crippen molar-refractivity contribution in [3.05, 3.63) is 63.1 Å². The number of rotatable bonds is 4. The van der Waals surface area contributed by atoms with Crippen molar-refractivity contribution in [1.82, 2.24) is 5.32 Å². The fraction of sp³-hybridized carbons (Fsp3) is 0.0500. The highest BCUT2D eigenvalue weighted by Gasteiger charge is 2.36. The predicted octanol–water partition coefficient (Wildman–Crippen LogP) is 3.78. The van der Waals surface area contributed by atoms with Gasteiger partial charge in [0, 0.05) is 15.1 Å². The largest absolute Gasteiger partial charge is 0.480 e. The maximum Gasteiger partial charge on any atom is 0.335 e.